The molecule has 8 heteroatoms. The Bertz CT molecular complexity index is 948. The molecule has 0 bridgehead atoms. The summed E-state index contributed by atoms with van der Waals surface area (Å²) in [6.07, 6.45) is 6.29. The first kappa shape index (κ1) is 24.0. The molecule has 0 N–H and O–H groups in total. The number of hydrogen-bond donors (Lipinski definition) is 0. The van der Waals surface area contributed by atoms with E-state index >= 15 is 0 Å². The van der Waals surface area contributed by atoms with Gasteiger partial charge in [0.25, 0.3) is 0 Å². The molecule has 180 valence electrons. The highest BCUT2D eigenvalue weighted by atomic mass is 35.5. The van der Waals surface area contributed by atoms with Crippen LogP contribution in [0, 0.1) is 11.3 Å². The van der Waals surface area contributed by atoms with Crippen molar-refractivity contribution in [1.29, 1.82) is 0 Å². The van der Waals surface area contributed by atoms with Crippen LogP contribution in [0.3, 0.4) is 0 Å². The monoisotopic (exact) mass is 473 g/mol. The average molecular weight is 474 g/mol. The molecule has 3 fully saturated rings. The van der Waals surface area contributed by atoms with E-state index in [1.807, 2.05) is 25.5 Å². The van der Waals surface area contributed by atoms with Gasteiger partial charge in [-0.25, -0.2) is 0 Å². The van der Waals surface area contributed by atoms with Crippen LogP contribution >= 0.6 is 12.4 Å². The number of nitrogens with zero attached hydrogens (tertiary/aromatic N) is 5. The van der Waals surface area contributed by atoms with Gasteiger partial charge in [0, 0.05) is 43.9 Å². The van der Waals surface area contributed by atoms with E-state index in [0.717, 1.165) is 70.0 Å². The maximum Gasteiger partial charge on any atom is 0.225 e. The van der Waals surface area contributed by atoms with Crippen molar-refractivity contribution in [3.05, 3.63) is 42.0 Å². The van der Waals surface area contributed by atoms with Gasteiger partial charge in [-0.1, -0.05) is 12.1 Å². The number of carbonyl (C=O) groups is 1. The predicted molar refractivity (Wildman–Crippen MR) is 129 cm³/mol. The summed E-state index contributed by atoms with van der Waals surface area (Å²) in [7, 11) is 2.02. The molecule has 1 unspecified atom stereocenters. The van der Waals surface area contributed by atoms with E-state index in [1.165, 1.54) is 5.56 Å². The molecule has 1 aliphatic carbocycles. The zero-order chi connectivity index (χ0) is 22.3. The molecule has 1 atom stereocenters. The number of halogens is 1. The van der Waals surface area contributed by atoms with E-state index in [9.17, 15) is 4.79 Å². The summed E-state index contributed by atoms with van der Waals surface area (Å²) < 4.78 is 7.82. The Balaban J connectivity index is 0.00000259. The number of piperidine rings is 1. The van der Waals surface area contributed by atoms with Gasteiger partial charge < -0.3 is 14.2 Å². The number of rotatable bonds is 6. The van der Waals surface area contributed by atoms with E-state index in [4.69, 9.17) is 4.74 Å². The summed E-state index contributed by atoms with van der Waals surface area (Å²) in [5.41, 5.74) is 1.43. The molecule has 7 nitrogen and oxygen atoms in total. The summed E-state index contributed by atoms with van der Waals surface area (Å²) in [5.74, 6) is 2.87. The molecule has 2 saturated heterocycles. The van der Waals surface area contributed by atoms with Gasteiger partial charge >= 0.3 is 0 Å². The van der Waals surface area contributed by atoms with Gasteiger partial charge in [0.05, 0.1) is 6.10 Å². The standard InChI is InChI=1S/C25H35N5O2.ClH/c1-18(2)32-21-8-4-19(5-9-21)14-29-12-10-25(11-13-29)16-30(24(31)20-6-7-20)15-22(25)23-27-26-17-28(23)3;/h4-5,8-9,17-18,20,22H,6-7,10-16H2,1-3H3;1H. The van der Waals surface area contributed by atoms with Crippen molar-refractivity contribution < 1.29 is 9.53 Å². The van der Waals surface area contributed by atoms with Gasteiger partial charge in [-0.3, -0.25) is 9.69 Å². The quantitative estimate of drug-likeness (QED) is 0.640. The van der Waals surface area contributed by atoms with Crippen molar-refractivity contribution in [3.8, 4) is 5.75 Å². The van der Waals surface area contributed by atoms with Crippen molar-refractivity contribution in [1.82, 2.24) is 24.6 Å². The van der Waals surface area contributed by atoms with Crippen molar-refractivity contribution in [2.75, 3.05) is 26.2 Å². The molecule has 3 aliphatic rings. The Labute approximate surface area is 202 Å². The first-order valence-corrected chi connectivity index (χ1v) is 12.0. The van der Waals surface area contributed by atoms with Crippen LogP contribution in [0.5, 0.6) is 5.75 Å². The SMILES string of the molecule is CC(C)Oc1ccc(CN2CCC3(CC2)CN(C(=O)C2CC2)CC3c2nncn2C)cc1.Cl. The molecular formula is C25H36ClN5O2. The third-order valence-electron chi connectivity index (χ3n) is 7.50. The Morgan fingerprint density at radius 2 is 1.88 bits per heavy atom. The smallest absolute Gasteiger partial charge is 0.225 e. The lowest BCUT2D eigenvalue weighted by molar-refractivity contribution is -0.132. The number of carbonyl (C=O) groups excluding carboxylic acids is 1. The lowest BCUT2D eigenvalue weighted by Crippen LogP contribution is -2.44. The van der Waals surface area contributed by atoms with Gasteiger partial charge in [0.2, 0.25) is 5.91 Å². The highest BCUT2D eigenvalue weighted by molar-refractivity contribution is 5.85. The maximum atomic E-state index is 12.9. The Hall–Kier alpha value is -2.12. The van der Waals surface area contributed by atoms with Crippen LogP contribution in [-0.4, -0.2) is 62.8 Å². The van der Waals surface area contributed by atoms with E-state index in [1.54, 1.807) is 6.33 Å². The number of aromatic nitrogens is 3. The predicted octanol–water partition coefficient (Wildman–Crippen LogP) is 3.64. The van der Waals surface area contributed by atoms with Crippen molar-refractivity contribution in [2.45, 2.75) is 58.1 Å². The first-order valence-electron chi connectivity index (χ1n) is 12.0. The fourth-order valence-electron chi connectivity index (χ4n) is 5.56. The summed E-state index contributed by atoms with van der Waals surface area (Å²) >= 11 is 0. The molecule has 33 heavy (non-hydrogen) atoms. The molecule has 2 aliphatic heterocycles. The van der Waals surface area contributed by atoms with Gasteiger partial charge in [-0.2, -0.15) is 0 Å². The van der Waals surface area contributed by atoms with Crippen LogP contribution in [0.2, 0.25) is 0 Å². The van der Waals surface area contributed by atoms with Crippen LogP contribution < -0.4 is 4.74 Å². The second kappa shape index (κ2) is 9.63. The zero-order valence-corrected chi connectivity index (χ0v) is 20.8. The number of benzene rings is 1. The van der Waals surface area contributed by atoms with E-state index < -0.39 is 0 Å². The highest BCUT2D eigenvalue weighted by Crippen LogP contribution is 2.50. The van der Waals surface area contributed by atoms with E-state index in [2.05, 4.69) is 44.3 Å². The average Bonchev–Trinajstić information content (AvgIpc) is 3.45. The van der Waals surface area contributed by atoms with Crippen molar-refractivity contribution >= 4 is 18.3 Å². The summed E-state index contributed by atoms with van der Waals surface area (Å²) in [6, 6.07) is 8.50. The van der Waals surface area contributed by atoms with Crippen LogP contribution in [0.1, 0.15) is 56.8 Å². The molecule has 1 aromatic heterocycles. The number of likely N-dealkylation sites (tertiary alicyclic amines) is 2. The third-order valence-corrected chi connectivity index (χ3v) is 7.50. The van der Waals surface area contributed by atoms with Gasteiger partial charge in [0.15, 0.2) is 0 Å². The molecule has 1 amide bonds. The molecule has 1 saturated carbocycles. The minimum Gasteiger partial charge on any atom is -0.491 e. The summed E-state index contributed by atoms with van der Waals surface area (Å²) in [6.45, 7) is 8.81. The normalized spacial score (nSPS) is 22.5. The largest absolute Gasteiger partial charge is 0.491 e. The van der Waals surface area contributed by atoms with Crippen molar-refractivity contribution in [3.63, 3.8) is 0 Å². The Morgan fingerprint density at radius 3 is 2.45 bits per heavy atom. The molecular weight excluding hydrogens is 438 g/mol. The summed E-state index contributed by atoms with van der Waals surface area (Å²) in [5, 5.41) is 8.61. The lowest BCUT2D eigenvalue weighted by atomic mass is 9.70. The van der Waals surface area contributed by atoms with E-state index in [0.29, 0.717) is 5.91 Å². The molecule has 2 aromatic rings. The van der Waals surface area contributed by atoms with Gasteiger partial charge in [-0.05, 0) is 70.3 Å². The van der Waals surface area contributed by atoms with Crippen LogP contribution in [-0.2, 0) is 18.4 Å². The fourth-order valence-corrected chi connectivity index (χ4v) is 5.56. The Kier molecular flexibility index (Phi) is 7.01. The fraction of sp³-hybridized carbons (Fsp3) is 0.640. The van der Waals surface area contributed by atoms with Gasteiger partial charge in [-0.15, -0.1) is 22.6 Å². The van der Waals surface area contributed by atoms with Crippen molar-refractivity contribution in [2.24, 2.45) is 18.4 Å². The van der Waals surface area contributed by atoms with E-state index in [-0.39, 0.29) is 35.8 Å². The molecule has 0 radical (unpaired) electrons. The number of amides is 1. The molecule has 1 spiro atoms. The van der Waals surface area contributed by atoms with Crippen LogP contribution in [0.25, 0.3) is 0 Å². The molecule has 1 aromatic carbocycles. The van der Waals surface area contributed by atoms with Gasteiger partial charge in [0.1, 0.15) is 17.9 Å². The topological polar surface area (TPSA) is 63.5 Å². The third kappa shape index (κ3) is 5.04. The number of ether oxygens (including phenoxy) is 1. The second-order valence-electron chi connectivity index (χ2n) is 10.3. The van der Waals surface area contributed by atoms with Crippen LogP contribution in [0.15, 0.2) is 30.6 Å². The lowest BCUT2D eigenvalue weighted by Gasteiger charge is -2.42. The summed E-state index contributed by atoms with van der Waals surface area (Å²) in [4.78, 5) is 17.6. The number of hydrogen-bond acceptors (Lipinski definition) is 5. The Morgan fingerprint density at radius 1 is 1.18 bits per heavy atom. The second-order valence-corrected chi connectivity index (χ2v) is 10.3. The molecule has 3 heterocycles. The minimum atomic E-state index is 0. The number of aryl methyl sites for hydroxylation is 1. The highest BCUT2D eigenvalue weighted by Gasteiger charge is 2.52. The van der Waals surface area contributed by atoms with Crippen LogP contribution in [0.4, 0.5) is 0 Å². The first-order chi connectivity index (χ1) is 15.4. The maximum absolute atomic E-state index is 12.9. The molecule has 5 rings (SSSR count). The minimum absolute atomic E-state index is 0. The zero-order valence-electron chi connectivity index (χ0n) is 19.9.